The second kappa shape index (κ2) is 7.87. The number of fused-ring (bicyclic) bond motifs is 1. The van der Waals surface area contributed by atoms with Gasteiger partial charge in [0.2, 0.25) is 10.0 Å². The van der Waals surface area contributed by atoms with Gasteiger partial charge in [-0.15, -0.1) is 0 Å². The molecule has 1 saturated heterocycles. The molecule has 0 saturated carbocycles. The van der Waals surface area contributed by atoms with E-state index in [9.17, 15) is 8.42 Å². The summed E-state index contributed by atoms with van der Waals surface area (Å²) < 4.78 is 34.3. The summed E-state index contributed by atoms with van der Waals surface area (Å²) in [4.78, 5) is 4.83. The second-order valence-electron chi connectivity index (χ2n) is 6.66. The van der Waals surface area contributed by atoms with Gasteiger partial charge in [0.05, 0.1) is 23.8 Å². The minimum atomic E-state index is -3.48. The fourth-order valence-corrected chi connectivity index (χ4v) is 4.83. The summed E-state index contributed by atoms with van der Waals surface area (Å²) in [5.74, 6) is 0. The quantitative estimate of drug-likeness (QED) is 0.620. The predicted octanol–water partition coefficient (Wildman–Crippen LogP) is 3.43. The standard InChI is InChI=1S/C21H23N3O3S/c1-2-23-16-17(20-5-3-4-6-21(20)23)15-22-18-7-9-19(10-8-18)28(25,26)24-11-13-27-14-12-24/h3-10,15-16H,2,11-14H2,1H3. The Morgan fingerprint density at radius 1 is 1.07 bits per heavy atom. The van der Waals surface area contributed by atoms with Crippen LogP contribution >= 0.6 is 0 Å². The van der Waals surface area contributed by atoms with Gasteiger partial charge in [0.1, 0.15) is 0 Å². The molecule has 1 aliphatic rings. The summed E-state index contributed by atoms with van der Waals surface area (Å²) in [6, 6.07) is 14.9. The van der Waals surface area contributed by atoms with Gasteiger partial charge in [-0.1, -0.05) is 18.2 Å². The first-order valence-electron chi connectivity index (χ1n) is 9.39. The number of aromatic nitrogens is 1. The maximum absolute atomic E-state index is 12.7. The van der Waals surface area contributed by atoms with Crippen molar-refractivity contribution in [1.82, 2.24) is 8.87 Å². The molecule has 0 bridgehead atoms. The monoisotopic (exact) mass is 397 g/mol. The van der Waals surface area contributed by atoms with E-state index in [2.05, 4.69) is 34.8 Å². The maximum atomic E-state index is 12.7. The van der Waals surface area contributed by atoms with Crippen LogP contribution in [0.1, 0.15) is 12.5 Å². The van der Waals surface area contributed by atoms with Gasteiger partial charge in [-0.05, 0) is 37.3 Å². The smallest absolute Gasteiger partial charge is 0.243 e. The van der Waals surface area contributed by atoms with Gasteiger partial charge in [-0.25, -0.2) is 8.42 Å². The summed E-state index contributed by atoms with van der Waals surface area (Å²) in [5, 5.41) is 1.15. The molecule has 146 valence electrons. The number of sulfonamides is 1. The molecule has 2 aromatic carbocycles. The molecule has 28 heavy (non-hydrogen) atoms. The van der Waals surface area contributed by atoms with Crippen LogP contribution in [0.5, 0.6) is 0 Å². The first-order chi connectivity index (χ1) is 13.6. The zero-order valence-electron chi connectivity index (χ0n) is 15.8. The van der Waals surface area contributed by atoms with Crippen LogP contribution < -0.4 is 0 Å². The van der Waals surface area contributed by atoms with Crippen molar-refractivity contribution in [3.05, 3.63) is 60.3 Å². The second-order valence-corrected chi connectivity index (χ2v) is 8.59. The number of aryl methyl sites for hydroxylation is 1. The van der Waals surface area contributed by atoms with E-state index in [1.165, 1.54) is 9.82 Å². The first kappa shape index (κ1) is 18.9. The molecule has 3 aromatic rings. The highest BCUT2D eigenvalue weighted by Gasteiger charge is 2.25. The van der Waals surface area contributed by atoms with Crippen LogP contribution in [0, 0.1) is 0 Å². The third-order valence-corrected chi connectivity index (χ3v) is 6.87. The van der Waals surface area contributed by atoms with E-state index in [-0.39, 0.29) is 4.90 Å². The van der Waals surface area contributed by atoms with Crippen molar-refractivity contribution in [3.8, 4) is 0 Å². The third-order valence-electron chi connectivity index (χ3n) is 4.96. The molecule has 0 amide bonds. The van der Waals surface area contributed by atoms with Crippen LogP contribution in [0.3, 0.4) is 0 Å². The highest BCUT2D eigenvalue weighted by Crippen LogP contribution is 2.23. The topological polar surface area (TPSA) is 63.9 Å². The Balaban J connectivity index is 1.57. The Hall–Kier alpha value is -2.48. The van der Waals surface area contributed by atoms with E-state index in [0.29, 0.717) is 32.0 Å². The van der Waals surface area contributed by atoms with E-state index in [4.69, 9.17) is 4.74 Å². The van der Waals surface area contributed by atoms with Crippen molar-refractivity contribution in [3.63, 3.8) is 0 Å². The number of nitrogens with zero attached hydrogens (tertiary/aromatic N) is 3. The maximum Gasteiger partial charge on any atom is 0.243 e. The van der Waals surface area contributed by atoms with Crippen LogP contribution in [-0.4, -0.2) is 49.8 Å². The van der Waals surface area contributed by atoms with Gasteiger partial charge in [0.25, 0.3) is 0 Å². The Morgan fingerprint density at radius 3 is 2.50 bits per heavy atom. The van der Waals surface area contributed by atoms with Crippen LogP contribution in [-0.2, 0) is 21.3 Å². The lowest BCUT2D eigenvalue weighted by molar-refractivity contribution is 0.0730. The molecule has 1 fully saturated rings. The zero-order chi connectivity index (χ0) is 19.6. The summed E-state index contributed by atoms with van der Waals surface area (Å²) in [7, 11) is -3.48. The number of para-hydroxylation sites is 1. The highest BCUT2D eigenvalue weighted by molar-refractivity contribution is 7.89. The lowest BCUT2D eigenvalue weighted by atomic mass is 10.2. The van der Waals surface area contributed by atoms with E-state index < -0.39 is 10.0 Å². The van der Waals surface area contributed by atoms with Gasteiger partial charge in [-0.2, -0.15) is 4.31 Å². The van der Waals surface area contributed by atoms with E-state index in [1.54, 1.807) is 24.3 Å². The summed E-state index contributed by atoms with van der Waals surface area (Å²) in [6.07, 6.45) is 3.92. The third kappa shape index (κ3) is 3.61. The molecule has 0 radical (unpaired) electrons. The van der Waals surface area contributed by atoms with Gasteiger partial charge >= 0.3 is 0 Å². The molecular formula is C21H23N3O3S. The molecule has 1 aromatic heterocycles. The number of benzene rings is 2. The molecule has 7 heteroatoms. The minimum Gasteiger partial charge on any atom is -0.379 e. The van der Waals surface area contributed by atoms with Crippen molar-refractivity contribution in [2.75, 3.05) is 26.3 Å². The number of morpholine rings is 1. The molecule has 0 atom stereocenters. The normalized spacial score (nSPS) is 16.2. The molecule has 2 heterocycles. The largest absolute Gasteiger partial charge is 0.379 e. The fourth-order valence-electron chi connectivity index (χ4n) is 3.42. The van der Waals surface area contributed by atoms with Gasteiger partial charge in [0.15, 0.2) is 0 Å². The summed E-state index contributed by atoms with van der Waals surface area (Å²) >= 11 is 0. The van der Waals surface area contributed by atoms with Crippen LogP contribution in [0.2, 0.25) is 0 Å². The zero-order valence-corrected chi connectivity index (χ0v) is 16.6. The Kier molecular flexibility index (Phi) is 5.30. The fraction of sp³-hybridized carbons (Fsp3) is 0.286. The highest BCUT2D eigenvalue weighted by atomic mass is 32.2. The average molecular weight is 398 g/mol. The summed E-state index contributed by atoms with van der Waals surface area (Å²) in [5.41, 5.74) is 2.94. The minimum absolute atomic E-state index is 0.288. The number of ether oxygens (including phenoxy) is 1. The number of hydrogen-bond acceptors (Lipinski definition) is 4. The van der Waals surface area contributed by atoms with Gasteiger partial charge in [-0.3, -0.25) is 4.99 Å². The molecule has 4 rings (SSSR count). The molecule has 1 aliphatic heterocycles. The molecule has 6 nitrogen and oxygen atoms in total. The lowest BCUT2D eigenvalue weighted by Crippen LogP contribution is -2.40. The van der Waals surface area contributed by atoms with Crippen LogP contribution in [0.15, 0.2) is 64.6 Å². The average Bonchev–Trinajstić information content (AvgIpc) is 3.11. The molecule has 0 aliphatic carbocycles. The number of aliphatic imine (C=N–C) groups is 1. The van der Waals surface area contributed by atoms with E-state index in [0.717, 1.165) is 17.5 Å². The van der Waals surface area contributed by atoms with Crippen LogP contribution in [0.25, 0.3) is 10.9 Å². The van der Waals surface area contributed by atoms with Crippen molar-refractivity contribution in [1.29, 1.82) is 0 Å². The number of hydrogen-bond donors (Lipinski definition) is 0. The molecule has 0 spiro atoms. The SMILES string of the molecule is CCn1cc(C=Nc2ccc(S(=O)(=O)N3CCOCC3)cc2)c2ccccc21. The number of rotatable bonds is 5. The van der Waals surface area contributed by atoms with Crippen molar-refractivity contribution >= 4 is 32.8 Å². The van der Waals surface area contributed by atoms with Crippen molar-refractivity contribution in [2.45, 2.75) is 18.4 Å². The molecular weight excluding hydrogens is 374 g/mol. The van der Waals surface area contributed by atoms with Gasteiger partial charge < -0.3 is 9.30 Å². The Bertz CT molecular complexity index is 1100. The predicted molar refractivity (Wildman–Crippen MR) is 111 cm³/mol. The summed E-state index contributed by atoms with van der Waals surface area (Å²) in [6.45, 7) is 4.66. The Labute approximate surface area is 165 Å². The molecule has 0 N–H and O–H groups in total. The molecule has 0 unspecified atom stereocenters. The van der Waals surface area contributed by atoms with E-state index in [1.807, 2.05) is 18.3 Å². The van der Waals surface area contributed by atoms with Crippen molar-refractivity contribution < 1.29 is 13.2 Å². The van der Waals surface area contributed by atoms with Crippen LogP contribution in [0.4, 0.5) is 5.69 Å². The lowest BCUT2D eigenvalue weighted by Gasteiger charge is -2.26. The first-order valence-corrected chi connectivity index (χ1v) is 10.8. The van der Waals surface area contributed by atoms with Gasteiger partial charge in [0, 0.05) is 48.5 Å². The van der Waals surface area contributed by atoms with E-state index >= 15 is 0 Å². The van der Waals surface area contributed by atoms with Crippen molar-refractivity contribution in [2.24, 2.45) is 4.99 Å². The Morgan fingerprint density at radius 2 is 1.79 bits per heavy atom.